The predicted molar refractivity (Wildman–Crippen MR) is 92.2 cm³/mol. The highest BCUT2D eigenvalue weighted by Gasteiger charge is 2.15. The minimum Gasteiger partial charge on any atom is -0.490 e. The lowest BCUT2D eigenvalue weighted by Gasteiger charge is -2.16. The molecule has 0 aromatic heterocycles. The number of halogens is 2. The molecule has 21 heavy (non-hydrogen) atoms. The van der Waals surface area contributed by atoms with E-state index in [1.54, 1.807) is 0 Å². The maximum atomic E-state index is 6.35. The van der Waals surface area contributed by atoms with Crippen LogP contribution < -0.4 is 15.2 Å². The monoisotopic (exact) mass is 415 g/mol. The van der Waals surface area contributed by atoms with Crippen molar-refractivity contribution in [2.45, 2.75) is 12.5 Å². The number of ether oxygens (including phenoxy) is 2. The van der Waals surface area contributed by atoms with Gasteiger partial charge in [-0.05, 0) is 58.0 Å². The van der Waals surface area contributed by atoms with Crippen molar-refractivity contribution < 1.29 is 9.47 Å². The fraction of sp³-hybridized carbons (Fsp3) is 0.250. The van der Waals surface area contributed by atoms with Crippen LogP contribution in [0.15, 0.2) is 36.4 Å². The van der Waals surface area contributed by atoms with Gasteiger partial charge >= 0.3 is 0 Å². The van der Waals surface area contributed by atoms with Crippen molar-refractivity contribution in [1.82, 2.24) is 0 Å². The Hall–Kier alpha value is -0.980. The maximum Gasteiger partial charge on any atom is 0.161 e. The smallest absolute Gasteiger partial charge is 0.161 e. The van der Waals surface area contributed by atoms with Crippen molar-refractivity contribution in [1.29, 1.82) is 0 Å². The number of fused-ring (bicyclic) bond motifs is 1. The summed E-state index contributed by atoms with van der Waals surface area (Å²) in [5.74, 6) is 1.54. The molecular weight excluding hydrogens is 401 g/mol. The molecule has 0 amide bonds. The molecule has 2 N–H and O–H groups in total. The Morgan fingerprint density at radius 3 is 2.43 bits per heavy atom. The molecule has 0 radical (unpaired) electrons. The van der Waals surface area contributed by atoms with Crippen LogP contribution in [0.3, 0.4) is 0 Å². The van der Waals surface area contributed by atoms with Gasteiger partial charge in [-0.2, -0.15) is 0 Å². The van der Waals surface area contributed by atoms with Crippen LogP contribution in [-0.2, 0) is 0 Å². The fourth-order valence-corrected chi connectivity index (χ4v) is 2.80. The number of rotatable bonds is 2. The molecule has 2 aromatic rings. The van der Waals surface area contributed by atoms with E-state index in [9.17, 15) is 0 Å². The molecule has 2 aromatic carbocycles. The third-order valence-electron chi connectivity index (χ3n) is 3.43. The zero-order valence-electron chi connectivity index (χ0n) is 11.3. The van der Waals surface area contributed by atoms with E-state index in [1.807, 2.05) is 36.4 Å². The van der Waals surface area contributed by atoms with Gasteiger partial charge in [-0.1, -0.05) is 23.7 Å². The summed E-state index contributed by atoms with van der Waals surface area (Å²) < 4.78 is 12.4. The van der Waals surface area contributed by atoms with Crippen molar-refractivity contribution in [2.75, 3.05) is 13.2 Å². The lowest BCUT2D eigenvalue weighted by molar-refractivity contribution is 0.297. The van der Waals surface area contributed by atoms with E-state index in [0.717, 1.165) is 37.6 Å². The normalized spacial score (nSPS) is 15.4. The van der Waals surface area contributed by atoms with Crippen molar-refractivity contribution in [3.05, 3.63) is 56.1 Å². The molecule has 0 saturated heterocycles. The summed E-state index contributed by atoms with van der Waals surface area (Å²) in [5.41, 5.74) is 8.31. The quantitative estimate of drug-likeness (QED) is 0.749. The Balaban J connectivity index is 1.92. The fourth-order valence-electron chi connectivity index (χ4n) is 2.27. The topological polar surface area (TPSA) is 44.5 Å². The Morgan fingerprint density at radius 1 is 1.00 bits per heavy atom. The maximum absolute atomic E-state index is 6.35. The third-order valence-corrected chi connectivity index (χ3v) is 5.01. The lowest BCUT2D eigenvalue weighted by atomic mass is 9.99. The highest BCUT2D eigenvalue weighted by atomic mass is 127. The van der Waals surface area contributed by atoms with E-state index < -0.39 is 0 Å². The van der Waals surface area contributed by atoms with Gasteiger partial charge in [0, 0.05) is 9.99 Å². The van der Waals surface area contributed by atoms with Gasteiger partial charge in [0.1, 0.15) is 0 Å². The van der Waals surface area contributed by atoms with Crippen LogP contribution in [0.5, 0.6) is 11.5 Å². The van der Waals surface area contributed by atoms with E-state index in [2.05, 4.69) is 22.6 Å². The number of hydrogen-bond donors (Lipinski definition) is 1. The molecule has 0 spiro atoms. The summed E-state index contributed by atoms with van der Waals surface area (Å²) in [6, 6.07) is 11.5. The van der Waals surface area contributed by atoms with Crippen molar-refractivity contribution >= 4 is 34.2 Å². The molecule has 0 saturated carbocycles. The van der Waals surface area contributed by atoms with Crippen LogP contribution in [0.2, 0.25) is 5.02 Å². The van der Waals surface area contributed by atoms with Crippen LogP contribution in [-0.4, -0.2) is 13.2 Å². The molecule has 3 nitrogen and oxygen atoms in total. The van der Waals surface area contributed by atoms with Crippen LogP contribution in [0.4, 0.5) is 0 Å². The molecule has 1 heterocycles. The van der Waals surface area contributed by atoms with Crippen LogP contribution in [0.1, 0.15) is 23.6 Å². The minimum atomic E-state index is -0.239. The summed E-state index contributed by atoms with van der Waals surface area (Å²) in [6.07, 6.45) is 0.892. The highest BCUT2D eigenvalue weighted by molar-refractivity contribution is 14.1. The molecule has 1 atom stereocenters. The Kier molecular flexibility index (Phi) is 4.57. The molecule has 0 fully saturated rings. The van der Waals surface area contributed by atoms with Crippen LogP contribution >= 0.6 is 34.2 Å². The Labute approximate surface area is 142 Å². The number of benzene rings is 2. The van der Waals surface area contributed by atoms with Gasteiger partial charge in [0.05, 0.1) is 24.3 Å². The second-order valence-corrected chi connectivity index (χ2v) is 6.48. The van der Waals surface area contributed by atoms with Gasteiger partial charge < -0.3 is 15.2 Å². The van der Waals surface area contributed by atoms with E-state index in [-0.39, 0.29) is 6.04 Å². The first kappa shape index (κ1) is 14.9. The first-order valence-electron chi connectivity index (χ1n) is 6.75. The summed E-state index contributed by atoms with van der Waals surface area (Å²) in [6.45, 7) is 1.35. The largest absolute Gasteiger partial charge is 0.490 e. The minimum absolute atomic E-state index is 0.239. The van der Waals surface area contributed by atoms with E-state index in [1.165, 1.54) is 0 Å². The van der Waals surface area contributed by atoms with E-state index in [4.69, 9.17) is 26.8 Å². The average Bonchev–Trinajstić information content (AvgIpc) is 2.73. The SMILES string of the molecule is NC(c1ccc(I)c(Cl)c1)c1ccc2c(c1)OCCCO2. The summed E-state index contributed by atoms with van der Waals surface area (Å²) in [7, 11) is 0. The average molecular weight is 416 g/mol. The second-order valence-electron chi connectivity index (χ2n) is 4.91. The summed E-state index contributed by atoms with van der Waals surface area (Å²) in [4.78, 5) is 0. The van der Waals surface area contributed by atoms with E-state index in [0.29, 0.717) is 13.2 Å². The lowest BCUT2D eigenvalue weighted by Crippen LogP contribution is -2.12. The van der Waals surface area contributed by atoms with Gasteiger partial charge in [0.15, 0.2) is 11.5 Å². The standard InChI is InChI=1S/C16H15ClINO2/c17-12-8-10(2-4-13(12)18)16(19)11-3-5-14-15(9-11)21-7-1-6-20-14/h2-5,8-9,16H,1,6-7,19H2. The van der Waals surface area contributed by atoms with Gasteiger partial charge in [0.25, 0.3) is 0 Å². The molecule has 110 valence electrons. The first-order chi connectivity index (χ1) is 10.1. The molecule has 5 heteroatoms. The molecule has 1 aliphatic heterocycles. The molecule has 0 bridgehead atoms. The summed E-state index contributed by atoms with van der Waals surface area (Å²) in [5, 5.41) is 0.720. The van der Waals surface area contributed by atoms with Crippen molar-refractivity contribution in [3.8, 4) is 11.5 Å². The molecular formula is C16H15ClINO2. The van der Waals surface area contributed by atoms with Crippen molar-refractivity contribution in [3.63, 3.8) is 0 Å². The number of hydrogen-bond acceptors (Lipinski definition) is 3. The molecule has 0 aliphatic carbocycles. The Bertz CT molecular complexity index is 663. The first-order valence-corrected chi connectivity index (χ1v) is 8.21. The highest BCUT2D eigenvalue weighted by Crippen LogP contribution is 2.34. The van der Waals surface area contributed by atoms with Gasteiger partial charge in [0.2, 0.25) is 0 Å². The predicted octanol–water partition coefficient (Wildman–Crippen LogP) is 4.15. The van der Waals surface area contributed by atoms with Gasteiger partial charge in [-0.3, -0.25) is 0 Å². The second kappa shape index (κ2) is 6.42. The zero-order valence-corrected chi connectivity index (χ0v) is 14.2. The Morgan fingerprint density at radius 2 is 1.67 bits per heavy atom. The molecule has 1 unspecified atom stereocenters. The van der Waals surface area contributed by atoms with Crippen LogP contribution in [0, 0.1) is 3.57 Å². The van der Waals surface area contributed by atoms with Crippen molar-refractivity contribution in [2.24, 2.45) is 5.73 Å². The van der Waals surface area contributed by atoms with Crippen LogP contribution in [0.25, 0.3) is 0 Å². The van der Waals surface area contributed by atoms with Gasteiger partial charge in [-0.25, -0.2) is 0 Å². The molecule has 1 aliphatic rings. The molecule has 3 rings (SSSR count). The summed E-state index contributed by atoms with van der Waals surface area (Å²) >= 11 is 8.38. The zero-order chi connectivity index (χ0) is 14.8. The third kappa shape index (κ3) is 3.27. The number of nitrogens with two attached hydrogens (primary N) is 1. The van der Waals surface area contributed by atoms with Gasteiger partial charge in [-0.15, -0.1) is 0 Å². The van der Waals surface area contributed by atoms with E-state index >= 15 is 0 Å².